The Balaban J connectivity index is 2.46. The van der Waals surface area contributed by atoms with Crippen LogP contribution in [0.1, 0.15) is 5.56 Å². The van der Waals surface area contributed by atoms with Crippen LogP contribution in [-0.2, 0) is 10.0 Å². The summed E-state index contributed by atoms with van der Waals surface area (Å²) in [6.45, 7) is 1.63. The highest BCUT2D eigenvalue weighted by Gasteiger charge is 2.20. The van der Waals surface area contributed by atoms with Gasteiger partial charge in [0.1, 0.15) is 5.82 Å². The zero-order valence-corrected chi connectivity index (χ0v) is 12.9. The predicted octanol–water partition coefficient (Wildman–Crippen LogP) is 3.28. The first-order valence-corrected chi connectivity index (χ1v) is 7.92. The van der Waals surface area contributed by atoms with Gasteiger partial charge in [-0.15, -0.1) is 0 Å². The predicted molar refractivity (Wildman–Crippen MR) is 80.5 cm³/mol. The van der Waals surface area contributed by atoms with Gasteiger partial charge in [-0.2, -0.15) is 0 Å². The number of para-hydroxylation sites is 1. The Morgan fingerprint density at radius 3 is 2.55 bits per heavy atom. The number of nitrogens with two attached hydrogens (primary N) is 1. The molecule has 2 aromatic carbocycles. The molecular weight excluding hydrogens is 347 g/mol. The van der Waals surface area contributed by atoms with E-state index in [1.54, 1.807) is 19.1 Å². The molecule has 0 saturated heterocycles. The summed E-state index contributed by atoms with van der Waals surface area (Å²) in [5, 5.41) is 0. The minimum Gasteiger partial charge on any atom is -0.399 e. The number of hydrogen-bond acceptors (Lipinski definition) is 3. The molecular formula is C13H12BrFN2O2S. The lowest BCUT2D eigenvalue weighted by molar-refractivity contribution is 0.598. The normalized spacial score (nSPS) is 11.3. The number of rotatable bonds is 3. The summed E-state index contributed by atoms with van der Waals surface area (Å²) in [6.07, 6.45) is 0. The molecule has 0 aliphatic heterocycles. The standard InChI is InChI=1S/C13H12BrFN2O2S/c1-8-7-9(16)5-6-12(8)20(18,19)17-13-10(14)3-2-4-11(13)15/h2-7,17H,16H2,1H3. The SMILES string of the molecule is Cc1cc(N)ccc1S(=O)(=O)Nc1c(F)cccc1Br. The fourth-order valence-corrected chi connectivity index (χ4v) is 3.65. The van der Waals surface area contributed by atoms with Crippen LogP contribution in [0, 0.1) is 12.7 Å². The van der Waals surface area contributed by atoms with E-state index >= 15 is 0 Å². The lowest BCUT2D eigenvalue weighted by atomic mass is 10.2. The monoisotopic (exact) mass is 358 g/mol. The van der Waals surface area contributed by atoms with Crippen molar-refractivity contribution in [2.45, 2.75) is 11.8 Å². The van der Waals surface area contributed by atoms with E-state index in [0.717, 1.165) is 0 Å². The van der Waals surface area contributed by atoms with Crippen LogP contribution < -0.4 is 10.5 Å². The minimum atomic E-state index is -3.88. The van der Waals surface area contributed by atoms with Gasteiger partial charge >= 0.3 is 0 Å². The van der Waals surface area contributed by atoms with E-state index in [1.807, 2.05) is 0 Å². The molecule has 20 heavy (non-hydrogen) atoms. The first kappa shape index (κ1) is 14.8. The smallest absolute Gasteiger partial charge is 0.262 e. The number of anilines is 2. The fourth-order valence-electron chi connectivity index (χ4n) is 1.76. The van der Waals surface area contributed by atoms with Crippen molar-refractivity contribution in [3.05, 3.63) is 52.3 Å². The number of sulfonamides is 1. The van der Waals surface area contributed by atoms with Crippen molar-refractivity contribution in [2.24, 2.45) is 0 Å². The second-order valence-corrected chi connectivity index (χ2v) is 6.73. The van der Waals surface area contributed by atoms with Crippen molar-refractivity contribution in [3.63, 3.8) is 0 Å². The molecule has 0 saturated carbocycles. The molecule has 2 aromatic rings. The van der Waals surface area contributed by atoms with Gasteiger partial charge in [0, 0.05) is 10.2 Å². The zero-order valence-electron chi connectivity index (χ0n) is 10.5. The molecule has 0 amide bonds. The fraction of sp³-hybridized carbons (Fsp3) is 0.0769. The zero-order chi connectivity index (χ0) is 14.9. The highest BCUT2D eigenvalue weighted by molar-refractivity contribution is 9.10. The van der Waals surface area contributed by atoms with Crippen LogP contribution in [-0.4, -0.2) is 8.42 Å². The van der Waals surface area contributed by atoms with Gasteiger partial charge in [0.15, 0.2) is 0 Å². The van der Waals surface area contributed by atoms with E-state index in [-0.39, 0.29) is 10.6 Å². The van der Waals surface area contributed by atoms with E-state index in [4.69, 9.17) is 5.73 Å². The molecule has 0 aromatic heterocycles. The van der Waals surface area contributed by atoms with Crippen LogP contribution in [0.3, 0.4) is 0 Å². The second-order valence-electron chi connectivity index (χ2n) is 4.23. The third kappa shape index (κ3) is 2.94. The van der Waals surface area contributed by atoms with E-state index in [2.05, 4.69) is 20.7 Å². The van der Waals surface area contributed by atoms with E-state index in [0.29, 0.717) is 15.7 Å². The summed E-state index contributed by atoms with van der Waals surface area (Å²) in [5.41, 5.74) is 6.42. The number of nitrogen functional groups attached to an aromatic ring is 1. The summed E-state index contributed by atoms with van der Waals surface area (Å²) >= 11 is 3.12. The van der Waals surface area contributed by atoms with Gasteiger partial charge < -0.3 is 5.73 Å². The molecule has 0 unspecified atom stereocenters. The number of halogens is 2. The van der Waals surface area contributed by atoms with Crippen LogP contribution in [0.5, 0.6) is 0 Å². The van der Waals surface area contributed by atoms with Gasteiger partial charge in [0.05, 0.1) is 10.6 Å². The van der Waals surface area contributed by atoms with Crippen LogP contribution in [0.2, 0.25) is 0 Å². The Morgan fingerprint density at radius 2 is 1.95 bits per heavy atom. The van der Waals surface area contributed by atoms with Gasteiger partial charge in [-0.1, -0.05) is 6.07 Å². The third-order valence-corrected chi connectivity index (χ3v) is 4.86. The Bertz CT molecular complexity index is 743. The average molecular weight is 359 g/mol. The summed E-state index contributed by atoms with van der Waals surface area (Å²) in [7, 11) is -3.88. The van der Waals surface area contributed by atoms with Crippen LogP contribution in [0.15, 0.2) is 45.8 Å². The molecule has 106 valence electrons. The highest BCUT2D eigenvalue weighted by atomic mass is 79.9. The summed E-state index contributed by atoms with van der Waals surface area (Å²) in [6, 6.07) is 8.63. The number of nitrogens with one attached hydrogen (secondary N) is 1. The van der Waals surface area contributed by atoms with Gasteiger partial charge in [-0.25, -0.2) is 12.8 Å². The first-order chi connectivity index (χ1) is 9.31. The van der Waals surface area contributed by atoms with Crippen molar-refractivity contribution in [1.82, 2.24) is 0 Å². The maximum atomic E-state index is 13.7. The van der Waals surface area contributed by atoms with Gasteiger partial charge in [-0.3, -0.25) is 4.72 Å². The molecule has 0 aliphatic carbocycles. The second kappa shape index (κ2) is 5.41. The van der Waals surface area contributed by atoms with E-state index in [9.17, 15) is 12.8 Å². The molecule has 0 spiro atoms. The van der Waals surface area contributed by atoms with Crippen LogP contribution in [0.4, 0.5) is 15.8 Å². The molecule has 2 rings (SSSR count). The maximum Gasteiger partial charge on any atom is 0.262 e. The lowest BCUT2D eigenvalue weighted by Gasteiger charge is -2.12. The minimum absolute atomic E-state index is 0.0573. The quantitative estimate of drug-likeness (QED) is 0.827. The van der Waals surface area contributed by atoms with Crippen molar-refractivity contribution >= 4 is 37.3 Å². The Morgan fingerprint density at radius 1 is 1.25 bits per heavy atom. The number of benzene rings is 2. The average Bonchev–Trinajstić information content (AvgIpc) is 2.33. The molecule has 0 fully saturated rings. The molecule has 0 heterocycles. The molecule has 0 aliphatic rings. The Labute approximate surface area is 125 Å². The molecule has 0 atom stereocenters. The van der Waals surface area contributed by atoms with Crippen LogP contribution in [0.25, 0.3) is 0 Å². The highest BCUT2D eigenvalue weighted by Crippen LogP contribution is 2.28. The third-order valence-electron chi connectivity index (χ3n) is 2.69. The first-order valence-electron chi connectivity index (χ1n) is 5.64. The van der Waals surface area contributed by atoms with Gasteiger partial charge in [-0.05, 0) is 58.7 Å². The topological polar surface area (TPSA) is 72.2 Å². The van der Waals surface area contributed by atoms with E-state index in [1.165, 1.54) is 24.3 Å². The van der Waals surface area contributed by atoms with Crippen molar-refractivity contribution in [2.75, 3.05) is 10.5 Å². The van der Waals surface area contributed by atoms with Gasteiger partial charge in [0.25, 0.3) is 10.0 Å². The summed E-state index contributed by atoms with van der Waals surface area (Å²) in [4.78, 5) is 0.0573. The lowest BCUT2D eigenvalue weighted by Crippen LogP contribution is -2.15. The number of hydrogen-bond donors (Lipinski definition) is 2. The molecule has 4 nitrogen and oxygen atoms in total. The summed E-state index contributed by atoms with van der Waals surface area (Å²) in [5.74, 6) is -0.656. The van der Waals surface area contributed by atoms with Crippen molar-refractivity contribution < 1.29 is 12.8 Å². The number of aryl methyl sites for hydroxylation is 1. The van der Waals surface area contributed by atoms with Crippen molar-refractivity contribution in [1.29, 1.82) is 0 Å². The Hall–Kier alpha value is -1.60. The van der Waals surface area contributed by atoms with Gasteiger partial charge in [0.2, 0.25) is 0 Å². The van der Waals surface area contributed by atoms with Crippen molar-refractivity contribution in [3.8, 4) is 0 Å². The largest absolute Gasteiger partial charge is 0.399 e. The maximum absolute atomic E-state index is 13.7. The van der Waals surface area contributed by atoms with E-state index < -0.39 is 15.8 Å². The summed E-state index contributed by atoms with van der Waals surface area (Å²) < 4.78 is 40.9. The molecule has 3 N–H and O–H groups in total. The Kier molecular flexibility index (Phi) is 4.01. The molecule has 0 bridgehead atoms. The van der Waals surface area contributed by atoms with Crippen LogP contribution >= 0.6 is 15.9 Å². The molecule has 7 heteroatoms. The molecule has 0 radical (unpaired) electrons.